The second-order valence-corrected chi connectivity index (χ2v) is 3.65. The van der Waals surface area contributed by atoms with Crippen molar-refractivity contribution < 1.29 is 27.5 Å². The van der Waals surface area contributed by atoms with Crippen LogP contribution in [0.5, 0.6) is 0 Å². The average molecular weight is 265 g/mol. The zero-order valence-corrected chi connectivity index (χ0v) is 9.38. The highest BCUT2D eigenvalue weighted by Gasteiger charge is 2.38. The molecule has 0 aliphatic heterocycles. The van der Waals surface area contributed by atoms with Crippen LogP contribution in [-0.4, -0.2) is 23.3 Å². The normalized spacial score (nSPS) is 13.2. The van der Waals surface area contributed by atoms with E-state index >= 15 is 0 Å². The summed E-state index contributed by atoms with van der Waals surface area (Å²) in [5, 5.41) is 10.7. The number of alkyl halides is 3. The highest BCUT2D eigenvalue weighted by Crippen LogP contribution is 2.26. The Hall–Kier alpha value is -1.79. The molecule has 3 nitrogen and oxygen atoms in total. The van der Waals surface area contributed by atoms with Crippen molar-refractivity contribution in [3.8, 4) is 0 Å². The molecule has 0 spiro atoms. The monoisotopic (exact) mass is 265 g/mol. The average Bonchev–Trinajstić information content (AvgIpc) is 2.23. The molecule has 100 valence electrons. The lowest BCUT2D eigenvalue weighted by molar-refractivity contribution is -0.142. The molecule has 0 heterocycles. The van der Waals surface area contributed by atoms with E-state index in [9.17, 15) is 22.4 Å². The maximum absolute atomic E-state index is 13.2. The van der Waals surface area contributed by atoms with Crippen molar-refractivity contribution in [3.05, 3.63) is 29.6 Å². The van der Waals surface area contributed by atoms with Gasteiger partial charge in [0.25, 0.3) is 0 Å². The fourth-order valence-corrected chi connectivity index (χ4v) is 1.39. The van der Waals surface area contributed by atoms with E-state index in [0.717, 1.165) is 18.2 Å². The van der Waals surface area contributed by atoms with E-state index in [1.807, 2.05) is 0 Å². The number of hydrogen-bond acceptors (Lipinski definition) is 2. The molecule has 1 aromatic rings. The maximum Gasteiger partial charge on any atom is 0.408 e. The van der Waals surface area contributed by atoms with Gasteiger partial charge in [-0.05, 0) is 24.6 Å². The Morgan fingerprint density at radius 1 is 1.44 bits per heavy atom. The minimum absolute atomic E-state index is 0.110. The second-order valence-electron chi connectivity index (χ2n) is 3.65. The number of hydrogen-bond donors (Lipinski definition) is 2. The predicted molar refractivity (Wildman–Crippen MR) is 57.1 cm³/mol. The fourth-order valence-electron chi connectivity index (χ4n) is 1.39. The number of aromatic carboxylic acids is 1. The highest BCUT2D eigenvalue weighted by molar-refractivity contribution is 5.88. The Labute approximate surface area is 100 Å². The molecule has 18 heavy (non-hydrogen) atoms. The van der Waals surface area contributed by atoms with E-state index in [1.54, 1.807) is 0 Å². The zero-order valence-electron chi connectivity index (χ0n) is 9.38. The van der Waals surface area contributed by atoms with Gasteiger partial charge in [0.05, 0.1) is 5.56 Å². The molecule has 0 aliphatic carbocycles. The van der Waals surface area contributed by atoms with Gasteiger partial charge in [0.15, 0.2) is 0 Å². The third-order valence-corrected chi connectivity index (χ3v) is 2.34. The number of carbonyl (C=O) groups is 1. The predicted octanol–water partition coefficient (Wildman–Crippen LogP) is 3.28. The number of rotatable bonds is 4. The first kappa shape index (κ1) is 14.3. The number of anilines is 1. The van der Waals surface area contributed by atoms with E-state index in [2.05, 4.69) is 5.32 Å². The summed E-state index contributed by atoms with van der Waals surface area (Å²) in [4.78, 5) is 10.5. The van der Waals surface area contributed by atoms with Crippen molar-refractivity contribution in [1.29, 1.82) is 0 Å². The molecule has 0 aliphatic rings. The number of benzene rings is 1. The summed E-state index contributed by atoms with van der Waals surface area (Å²) in [5.74, 6) is -2.55. The van der Waals surface area contributed by atoms with Crippen molar-refractivity contribution in [2.75, 3.05) is 5.32 Å². The molecule has 1 aromatic carbocycles. The Balaban J connectivity index is 2.92. The van der Waals surface area contributed by atoms with Gasteiger partial charge in [0, 0.05) is 5.69 Å². The molecular weight excluding hydrogens is 254 g/mol. The summed E-state index contributed by atoms with van der Waals surface area (Å²) < 4.78 is 50.6. The SMILES string of the molecule is CCC(Nc1ccc(C(=O)O)c(F)c1)C(F)(F)F. The topological polar surface area (TPSA) is 49.3 Å². The van der Waals surface area contributed by atoms with Crippen LogP contribution in [0.15, 0.2) is 18.2 Å². The Morgan fingerprint density at radius 2 is 2.06 bits per heavy atom. The van der Waals surface area contributed by atoms with Gasteiger partial charge in [-0.1, -0.05) is 6.92 Å². The highest BCUT2D eigenvalue weighted by atomic mass is 19.4. The lowest BCUT2D eigenvalue weighted by Crippen LogP contribution is -2.35. The minimum atomic E-state index is -4.45. The molecular formula is C11H11F4NO2. The summed E-state index contributed by atoms with van der Waals surface area (Å²) in [6, 6.07) is 0.953. The van der Waals surface area contributed by atoms with Crippen molar-refractivity contribution in [2.24, 2.45) is 0 Å². The van der Waals surface area contributed by atoms with Crippen molar-refractivity contribution in [3.63, 3.8) is 0 Å². The van der Waals surface area contributed by atoms with Gasteiger partial charge >= 0.3 is 12.1 Å². The molecule has 0 aromatic heterocycles. The van der Waals surface area contributed by atoms with Crippen LogP contribution in [0.4, 0.5) is 23.2 Å². The summed E-state index contributed by atoms with van der Waals surface area (Å²) >= 11 is 0. The first-order valence-electron chi connectivity index (χ1n) is 5.11. The van der Waals surface area contributed by atoms with Crippen LogP contribution in [-0.2, 0) is 0 Å². The number of nitrogens with one attached hydrogen (secondary N) is 1. The molecule has 0 fully saturated rings. The van der Waals surface area contributed by atoms with Gasteiger partial charge in [0.1, 0.15) is 11.9 Å². The van der Waals surface area contributed by atoms with Gasteiger partial charge < -0.3 is 10.4 Å². The van der Waals surface area contributed by atoms with Crippen LogP contribution in [0.1, 0.15) is 23.7 Å². The maximum atomic E-state index is 13.2. The van der Waals surface area contributed by atoms with Crippen LogP contribution in [0, 0.1) is 5.82 Å². The van der Waals surface area contributed by atoms with Crippen LogP contribution in [0.25, 0.3) is 0 Å². The first-order valence-corrected chi connectivity index (χ1v) is 5.11. The molecule has 0 saturated heterocycles. The number of halogens is 4. The van der Waals surface area contributed by atoms with Gasteiger partial charge in [-0.2, -0.15) is 13.2 Å². The van der Waals surface area contributed by atoms with Gasteiger partial charge in [-0.15, -0.1) is 0 Å². The quantitative estimate of drug-likeness (QED) is 0.821. The third-order valence-electron chi connectivity index (χ3n) is 2.34. The minimum Gasteiger partial charge on any atom is -0.478 e. The number of carboxylic acid groups (broad SMARTS) is 1. The van der Waals surface area contributed by atoms with Crippen molar-refractivity contribution in [1.82, 2.24) is 0 Å². The summed E-state index contributed by atoms with van der Waals surface area (Å²) in [6.45, 7) is 1.34. The molecule has 2 N–H and O–H groups in total. The second kappa shape index (κ2) is 5.24. The van der Waals surface area contributed by atoms with E-state index in [0.29, 0.717) is 0 Å². The largest absolute Gasteiger partial charge is 0.478 e. The molecule has 1 atom stereocenters. The first-order chi connectivity index (χ1) is 8.25. The van der Waals surface area contributed by atoms with E-state index < -0.39 is 29.6 Å². The van der Waals surface area contributed by atoms with E-state index in [1.165, 1.54) is 6.92 Å². The van der Waals surface area contributed by atoms with Gasteiger partial charge in [-0.3, -0.25) is 0 Å². The Morgan fingerprint density at radius 3 is 2.44 bits per heavy atom. The van der Waals surface area contributed by atoms with Crippen molar-refractivity contribution in [2.45, 2.75) is 25.6 Å². The van der Waals surface area contributed by atoms with Gasteiger partial charge in [0.2, 0.25) is 0 Å². The molecule has 0 amide bonds. The molecule has 1 rings (SSSR count). The summed E-state index contributed by atoms with van der Waals surface area (Å²) in [7, 11) is 0. The fraction of sp³-hybridized carbons (Fsp3) is 0.364. The molecule has 0 saturated carbocycles. The summed E-state index contributed by atoms with van der Waals surface area (Å²) in [5.41, 5.74) is -0.692. The standard InChI is InChI=1S/C11H11F4NO2/c1-2-9(11(13,14)15)16-6-3-4-7(10(17)18)8(12)5-6/h3-5,9,16H,2H2,1H3,(H,17,18). The van der Waals surface area contributed by atoms with Crippen LogP contribution in [0.3, 0.4) is 0 Å². The molecule has 0 bridgehead atoms. The van der Waals surface area contributed by atoms with Crippen molar-refractivity contribution >= 4 is 11.7 Å². The Bertz CT molecular complexity index is 445. The Kier molecular flexibility index (Phi) is 4.15. The van der Waals surface area contributed by atoms with E-state index in [-0.39, 0.29) is 12.1 Å². The molecule has 7 heteroatoms. The van der Waals surface area contributed by atoms with Crippen LogP contribution < -0.4 is 5.32 Å². The van der Waals surface area contributed by atoms with Crippen LogP contribution in [0.2, 0.25) is 0 Å². The summed E-state index contributed by atoms with van der Waals surface area (Å²) in [6.07, 6.45) is -4.66. The zero-order chi connectivity index (χ0) is 13.9. The molecule has 1 unspecified atom stereocenters. The van der Waals surface area contributed by atoms with Gasteiger partial charge in [-0.25, -0.2) is 9.18 Å². The lowest BCUT2D eigenvalue weighted by atomic mass is 10.1. The third kappa shape index (κ3) is 3.35. The van der Waals surface area contributed by atoms with E-state index in [4.69, 9.17) is 5.11 Å². The molecule has 0 radical (unpaired) electrons. The number of carboxylic acids is 1. The van der Waals surface area contributed by atoms with Crippen LogP contribution >= 0.6 is 0 Å². The smallest absolute Gasteiger partial charge is 0.408 e. The lowest BCUT2D eigenvalue weighted by Gasteiger charge is -2.21.